The minimum absolute atomic E-state index is 0.0587. The molecule has 1 saturated heterocycles. The Morgan fingerprint density at radius 3 is 2.75 bits per heavy atom. The van der Waals surface area contributed by atoms with Gasteiger partial charge in [-0.15, -0.1) is 0 Å². The maximum atomic E-state index is 12.2. The molecule has 7 heteroatoms. The number of nitrogens with one attached hydrogen (secondary N) is 2. The van der Waals surface area contributed by atoms with Gasteiger partial charge in [0.1, 0.15) is 5.82 Å². The van der Waals surface area contributed by atoms with Crippen molar-refractivity contribution in [2.45, 2.75) is 31.8 Å². The van der Waals surface area contributed by atoms with Crippen LogP contribution >= 0.6 is 0 Å². The fraction of sp³-hybridized carbons (Fsp3) is 0.429. The first-order valence-corrected chi connectivity index (χ1v) is 9.50. The predicted octanol–water partition coefficient (Wildman–Crippen LogP) is 3.26. The van der Waals surface area contributed by atoms with E-state index >= 15 is 0 Å². The molecular formula is C21H27N3O4. The molecule has 1 aliphatic heterocycles. The highest BCUT2D eigenvalue weighted by molar-refractivity contribution is 5.90. The number of hydrogen-bond donors (Lipinski definition) is 2. The lowest BCUT2D eigenvalue weighted by Crippen LogP contribution is -2.19. The minimum Gasteiger partial charge on any atom is -0.493 e. The lowest BCUT2D eigenvalue weighted by atomic mass is 10.1. The van der Waals surface area contributed by atoms with E-state index in [0.29, 0.717) is 30.0 Å². The molecule has 1 fully saturated rings. The Bertz CT molecular complexity index is 774. The van der Waals surface area contributed by atoms with Gasteiger partial charge in [0.05, 0.1) is 32.2 Å². The number of pyridine rings is 1. The van der Waals surface area contributed by atoms with Crippen LogP contribution in [-0.2, 0) is 16.0 Å². The summed E-state index contributed by atoms with van der Waals surface area (Å²) in [5.74, 6) is 2.06. The zero-order valence-electron chi connectivity index (χ0n) is 16.4. The normalized spacial score (nSPS) is 15.9. The molecule has 3 rings (SSSR count). The van der Waals surface area contributed by atoms with Gasteiger partial charge in [-0.3, -0.25) is 4.79 Å². The fourth-order valence-electron chi connectivity index (χ4n) is 3.11. The average molecular weight is 385 g/mol. The van der Waals surface area contributed by atoms with Gasteiger partial charge in [0.15, 0.2) is 11.5 Å². The Hall–Kier alpha value is -2.80. The molecule has 0 aliphatic carbocycles. The summed E-state index contributed by atoms with van der Waals surface area (Å²) in [4.78, 5) is 16.6. The van der Waals surface area contributed by atoms with E-state index in [-0.39, 0.29) is 12.0 Å². The Balaban J connectivity index is 1.45. The molecule has 2 aromatic rings. The van der Waals surface area contributed by atoms with Gasteiger partial charge in [0.2, 0.25) is 5.91 Å². The van der Waals surface area contributed by atoms with Crippen molar-refractivity contribution in [3.05, 3.63) is 42.1 Å². The highest BCUT2D eigenvalue weighted by atomic mass is 16.5. The molecule has 28 heavy (non-hydrogen) atoms. The van der Waals surface area contributed by atoms with Crippen molar-refractivity contribution in [1.29, 1.82) is 0 Å². The van der Waals surface area contributed by atoms with E-state index in [4.69, 9.17) is 14.2 Å². The summed E-state index contributed by atoms with van der Waals surface area (Å²) >= 11 is 0. The van der Waals surface area contributed by atoms with Crippen molar-refractivity contribution in [1.82, 2.24) is 4.98 Å². The van der Waals surface area contributed by atoms with Crippen LogP contribution in [0.3, 0.4) is 0 Å². The Morgan fingerprint density at radius 1 is 1.21 bits per heavy atom. The first-order valence-electron chi connectivity index (χ1n) is 9.50. The second-order valence-corrected chi connectivity index (χ2v) is 6.69. The molecular weight excluding hydrogens is 358 g/mol. The molecule has 150 valence electrons. The Kier molecular flexibility index (Phi) is 7.08. The zero-order chi connectivity index (χ0) is 19.8. The van der Waals surface area contributed by atoms with Gasteiger partial charge in [-0.2, -0.15) is 0 Å². The van der Waals surface area contributed by atoms with Crippen LogP contribution in [0.5, 0.6) is 11.5 Å². The molecule has 0 bridgehead atoms. The molecule has 1 unspecified atom stereocenters. The highest BCUT2D eigenvalue weighted by Crippen LogP contribution is 2.28. The lowest BCUT2D eigenvalue weighted by molar-refractivity contribution is -0.116. The number of hydrogen-bond acceptors (Lipinski definition) is 6. The van der Waals surface area contributed by atoms with Crippen LogP contribution in [0.4, 0.5) is 11.5 Å². The van der Waals surface area contributed by atoms with Gasteiger partial charge in [-0.25, -0.2) is 4.98 Å². The summed E-state index contributed by atoms with van der Waals surface area (Å²) in [5, 5.41) is 6.14. The molecule has 1 amide bonds. The number of carbonyl (C=O) groups excluding carboxylic acids is 1. The molecule has 7 nitrogen and oxygen atoms in total. The van der Waals surface area contributed by atoms with E-state index < -0.39 is 0 Å². The number of aryl methyl sites for hydroxylation is 1. The molecule has 1 aromatic heterocycles. The number of ether oxygens (including phenoxy) is 3. The van der Waals surface area contributed by atoms with Crippen LogP contribution in [0.25, 0.3) is 0 Å². The monoisotopic (exact) mass is 385 g/mol. The smallest absolute Gasteiger partial charge is 0.224 e. The molecule has 0 radical (unpaired) electrons. The third kappa shape index (κ3) is 5.60. The molecule has 2 N–H and O–H groups in total. The molecule has 2 heterocycles. The quantitative estimate of drug-likeness (QED) is 0.690. The van der Waals surface area contributed by atoms with E-state index in [0.717, 1.165) is 37.4 Å². The molecule has 0 saturated carbocycles. The summed E-state index contributed by atoms with van der Waals surface area (Å²) in [6, 6.07) is 9.38. The molecule has 0 spiro atoms. The third-order valence-electron chi connectivity index (χ3n) is 4.67. The van der Waals surface area contributed by atoms with E-state index in [1.54, 1.807) is 20.4 Å². The fourth-order valence-corrected chi connectivity index (χ4v) is 3.11. The summed E-state index contributed by atoms with van der Waals surface area (Å²) in [6.45, 7) is 1.60. The largest absolute Gasteiger partial charge is 0.493 e. The SMILES string of the molecule is COc1ccc(CCC(=O)Nc2ccc(NCC3CCCO3)nc2)cc1OC. The number of aromatic nitrogens is 1. The number of nitrogens with zero attached hydrogens (tertiary/aromatic N) is 1. The van der Waals surface area contributed by atoms with Gasteiger partial charge in [0, 0.05) is 19.6 Å². The average Bonchev–Trinajstić information content (AvgIpc) is 3.25. The van der Waals surface area contributed by atoms with Crippen LogP contribution < -0.4 is 20.1 Å². The van der Waals surface area contributed by atoms with Gasteiger partial charge in [-0.1, -0.05) is 6.07 Å². The zero-order valence-corrected chi connectivity index (χ0v) is 16.4. The van der Waals surface area contributed by atoms with Gasteiger partial charge >= 0.3 is 0 Å². The summed E-state index contributed by atoms with van der Waals surface area (Å²) in [7, 11) is 3.20. The standard InChI is InChI=1S/C21H27N3O4/c1-26-18-8-5-15(12-19(18)27-2)6-10-21(25)24-16-7-9-20(22-13-16)23-14-17-4-3-11-28-17/h5,7-9,12-13,17H,3-4,6,10-11,14H2,1-2H3,(H,22,23)(H,24,25). The Morgan fingerprint density at radius 2 is 2.07 bits per heavy atom. The third-order valence-corrected chi connectivity index (χ3v) is 4.67. The van der Waals surface area contributed by atoms with Crippen molar-refractivity contribution < 1.29 is 19.0 Å². The van der Waals surface area contributed by atoms with Gasteiger partial charge in [0.25, 0.3) is 0 Å². The van der Waals surface area contributed by atoms with E-state index in [1.165, 1.54) is 0 Å². The van der Waals surface area contributed by atoms with E-state index in [2.05, 4.69) is 15.6 Å². The molecule has 1 aliphatic rings. The van der Waals surface area contributed by atoms with Gasteiger partial charge in [-0.05, 0) is 49.1 Å². The number of anilines is 2. The van der Waals surface area contributed by atoms with Crippen LogP contribution in [0.2, 0.25) is 0 Å². The van der Waals surface area contributed by atoms with Crippen molar-refractivity contribution in [3.63, 3.8) is 0 Å². The minimum atomic E-state index is -0.0587. The number of methoxy groups -OCH3 is 2. The second-order valence-electron chi connectivity index (χ2n) is 6.69. The van der Waals surface area contributed by atoms with Crippen molar-refractivity contribution in [2.24, 2.45) is 0 Å². The maximum Gasteiger partial charge on any atom is 0.224 e. The van der Waals surface area contributed by atoms with Gasteiger partial charge < -0.3 is 24.8 Å². The predicted molar refractivity (Wildman–Crippen MR) is 108 cm³/mol. The second kappa shape index (κ2) is 9.94. The molecule has 1 aromatic carbocycles. The van der Waals surface area contributed by atoms with Crippen LogP contribution in [-0.4, -0.2) is 44.4 Å². The van der Waals surface area contributed by atoms with Crippen LogP contribution in [0.1, 0.15) is 24.8 Å². The first-order chi connectivity index (χ1) is 13.7. The van der Waals surface area contributed by atoms with Crippen molar-refractivity contribution >= 4 is 17.4 Å². The van der Waals surface area contributed by atoms with Crippen LogP contribution in [0, 0.1) is 0 Å². The van der Waals surface area contributed by atoms with Crippen molar-refractivity contribution in [3.8, 4) is 11.5 Å². The lowest BCUT2D eigenvalue weighted by Gasteiger charge is -2.12. The number of benzene rings is 1. The van der Waals surface area contributed by atoms with E-state index in [9.17, 15) is 4.79 Å². The number of rotatable bonds is 9. The first kappa shape index (κ1) is 19.9. The topological polar surface area (TPSA) is 81.7 Å². The van der Waals surface area contributed by atoms with Crippen molar-refractivity contribution in [2.75, 3.05) is 38.0 Å². The Labute approximate surface area is 165 Å². The van der Waals surface area contributed by atoms with E-state index in [1.807, 2.05) is 30.3 Å². The highest BCUT2D eigenvalue weighted by Gasteiger charge is 2.15. The van der Waals surface area contributed by atoms with Crippen LogP contribution in [0.15, 0.2) is 36.5 Å². The molecule has 1 atom stereocenters. The summed E-state index contributed by atoms with van der Waals surface area (Å²) < 4.78 is 16.1. The summed E-state index contributed by atoms with van der Waals surface area (Å²) in [5.41, 5.74) is 1.69. The summed E-state index contributed by atoms with van der Waals surface area (Å²) in [6.07, 6.45) is 5.11. The number of amides is 1. The number of carbonyl (C=O) groups is 1. The maximum absolute atomic E-state index is 12.2.